The summed E-state index contributed by atoms with van der Waals surface area (Å²) in [7, 11) is 0. The summed E-state index contributed by atoms with van der Waals surface area (Å²) >= 11 is 3.70. The van der Waals surface area contributed by atoms with Gasteiger partial charge in [-0.3, -0.25) is 14.5 Å². The highest BCUT2D eigenvalue weighted by molar-refractivity contribution is 8.04. The molecule has 6 atom stereocenters. The van der Waals surface area contributed by atoms with E-state index in [4.69, 9.17) is 0 Å². The van der Waals surface area contributed by atoms with Gasteiger partial charge in [0.15, 0.2) is 0 Å². The Labute approximate surface area is 192 Å². The Hall–Kier alpha value is -1.23. The zero-order chi connectivity index (χ0) is 21.7. The van der Waals surface area contributed by atoms with Crippen LogP contribution >= 0.6 is 23.5 Å². The van der Waals surface area contributed by atoms with Crippen molar-refractivity contribution in [2.45, 2.75) is 74.0 Å². The minimum absolute atomic E-state index is 0.0607. The number of aliphatic hydroxyl groups is 1. The summed E-state index contributed by atoms with van der Waals surface area (Å²) in [5.41, 5.74) is 2.18. The largest absolute Gasteiger partial charge is 0.391 e. The average Bonchev–Trinajstić information content (AvgIpc) is 3.38. The number of aliphatic hydroxyl groups excluding tert-OH is 1. The lowest BCUT2D eigenvalue weighted by Gasteiger charge is -2.30. The van der Waals surface area contributed by atoms with Crippen molar-refractivity contribution in [1.82, 2.24) is 4.90 Å². The molecule has 5 nitrogen and oxygen atoms in total. The maximum atomic E-state index is 13.6. The number of carbonyl (C=O) groups excluding carboxylic acids is 2. The lowest BCUT2D eigenvalue weighted by Crippen LogP contribution is -2.35. The van der Waals surface area contributed by atoms with E-state index < -0.39 is 0 Å². The van der Waals surface area contributed by atoms with Crippen molar-refractivity contribution in [3.63, 3.8) is 0 Å². The van der Waals surface area contributed by atoms with Gasteiger partial charge in [0.25, 0.3) is 11.8 Å². The molecule has 7 heteroatoms. The number of rotatable bonds is 4. The fraction of sp³-hybridized carbons (Fsp3) is 0.708. The van der Waals surface area contributed by atoms with Crippen molar-refractivity contribution in [3.8, 4) is 6.07 Å². The van der Waals surface area contributed by atoms with E-state index in [0.29, 0.717) is 27.6 Å². The Morgan fingerprint density at radius 3 is 2.48 bits per heavy atom. The highest BCUT2D eigenvalue weighted by Gasteiger charge is 2.53. The molecule has 2 aliphatic carbocycles. The van der Waals surface area contributed by atoms with Crippen LogP contribution in [0.4, 0.5) is 0 Å². The zero-order valence-corrected chi connectivity index (χ0v) is 19.6. The highest BCUT2D eigenvalue weighted by atomic mass is 32.2. The third-order valence-electron chi connectivity index (χ3n) is 7.96. The number of nitrogens with zero attached hydrogens (tertiary/aromatic N) is 2. The molecule has 1 N–H and O–H groups in total. The van der Waals surface area contributed by atoms with Crippen molar-refractivity contribution in [2.75, 3.05) is 13.2 Å². The molecule has 166 valence electrons. The number of hydrogen-bond donors (Lipinski definition) is 1. The second-order valence-electron chi connectivity index (χ2n) is 9.54. The molecule has 1 saturated heterocycles. The lowest BCUT2D eigenvalue weighted by atomic mass is 9.72. The molecule has 2 saturated carbocycles. The smallest absolute Gasteiger partial charge is 0.262 e. The van der Waals surface area contributed by atoms with E-state index in [2.05, 4.69) is 6.92 Å². The van der Waals surface area contributed by atoms with Gasteiger partial charge in [0.1, 0.15) is 6.54 Å². The molecule has 3 fully saturated rings. The Balaban J connectivity index is 1.65. The van der Waals surface area contributed by atoms with Gasteiger partial charge in [-0.2, -0.15) is 17.0 Å². The molecule has 31 heavy (non-hydrogen) atoms. The second-order valence-corrected chi connectivity index (χ2v) is 12.5. The molecule has 4 unspecified atom stereocenters. The van der Waals surface area contributed by atoms with Crippen LogP contribution in [0.5, 0.6) is 0 Å². The molecule has 0 aromatic rings. The van der Waals surface area contributed by atoms with Crippen LogP contribution in [0, 0.1) is 29.1 Å². The van der Waals surface area contributed by atoms with Crippen LogP contribution < -0.4 is 0 Å². The predicted octanol–water partition coefficient (Wildman–Crippen LogP) is 4.04. The molecule has 0 spiro atoms. The summed E-state index contributed by atoms with van der Waals surface area (Å²) in [4.78, 5) is 29.3. The molecular weight excluding hydrogens is 428 g/mol. The minimum Gasteiger partial charge on any atom is -0.391 e. The fourth-order valence-electron chi connectivity index (χ4n) is 6.71. The van der Waals surface area contributed by atoms with Gasteiger partial charge >= 0.3 is 0 Å². The number of thioether (sulfide) groups is 2. The normalized spacial score (nSPS) is 38.0. The van der Waals surface area contributed by atoms with E-state index in [9.17, 15) is 20.0 Å². The molecule has 0 radical (unpaired) electrons. The van der Waals surface area contributed by atoms with Gasteiger partial charge in [-0.15, -0.1) is 11.8 Å². The summed E-state index contributed by atoms with van der Waals surface area (Å²) in [5.74, 6) is 0.165. The third kappa shape index (κ3) is 3.41. The molecule has 0 aromatic carbocycles. The molecule has 3 aliphatic heterocycles. The van der Waals surface area contributed by atoms with Crippen molar-refractivity contribution >= 4 is 35.3 Å². The first kappa shape index (κ1) is 21.6. The van der Waals surface area contributed by atoms with Crippen molar-refractivity contribution in [3.05, 3.63) is 21.6 Å². The Bertz CT molecular complexity index is 905. The van der Waals surface area contributed by atoms with E-state index >= 15 is 0 Å². The Morgan fingerprint density at radius 1 is 1.03 bits per heavy atom. The van der Waals surface area contributed by atoms with Crippen LogP contribution in [0.3, 0.4) is 0 Å². The van der Waals surface area contributed by atoms with Gasteiger partial charge < -0.3 is 5.11 Å². The van der Waals surface area contributed by atoms with Crippen LogP contribution in [0.2, 0.25) is 0 Å². The second kappa shape index (κ2) is 8.61. The van der Waals surface area contributed by atoms with Gasteiger partial charge in [0.2, 0.25) is 0 Å². The topological polar surface area (TPSA) is 81.4 Å². The van der Waals surface area contributed by atoms with Crippen LogP contribution in [-0.2, 0) is 9.59 Å². The molecule has 0 aromatic heterocycles. The maximum Gasteiger partial charge on any atom is 0.262 e. The number of nitriles is 1. The predicted molar refractivity (Wildman–Crippen MR) is 123 cm³/mol. The summed E-state index contributed by atoms with van der Waals surface area (Å²) < 4.78 is 0. The van der Waals surface area contributed by atoms with Gasteiger partial charge in [-0.25, -0.2) is 0 Å². The average molecular weight is 459 g/mol. The summed E-state index contributed by atoms with van der Waals surface area (Å²) in [6.07, 6.45) is 9.12. The number of amides is 2. The summed E-state index contributed by atoms with van der Waals surface area (Å²) in [6, 6.07) is 2.02. The fourth-order valence-corrected chi connectivity index (χ4v) is 10.1. The molecule has 5 rings (SSSR count). The van der Waals surface area contributed by atoms with Gasteiger partial charge in [0, 0.05) is 32.1 Å². The SMILES string of the molecule is C[C@H]1SC2CCCCC2[C@H]1C1=C(C2=C(CO)SC3CCCCC23)C(=O)N(CC#N)C1=O. The number of imide groups is 1. The van der Waals surface area contributed by atoms with Crippen molar-refractivity contribution in [2.24, 2.45) is 17.8 Å². The summed E-state index contributed by atoms with van der Waals surface area (Å²) in [6.45, 7) is 1.93. The van der Waals surface area contributed by atoms with E-state index in [1.54, 1.807) is 11.8 Å². The van der Waals surface area contributed by atoms with Crippen LogP contribution in [0.15, 0.2) is 21.6 Å². The number of carbonyl (C=O) groups is 2. The van der Waals surface area contributed by atoms with E-state index in [0.717, 1.165) is 36.2 Å². The monoisotopic (exact) mass is 458 g/mol. The van der Waals surface area contributed by atoms with Gasteiger partial charge in [-0.1, -0.05) is 32.6 Å². The van der Waals surface area contributed by atoms with Crippen molar-refractivity contribution < 1.29 is 14.7 Å². The Kier molecular flexibility index (Phi) is 6.00. The van der Waals surface area contributed by atoms with Crippen LogP contribution in [-0.4, -0.2) is 50.7 Å². The molecule has 3 heterocycles. The lowest BCUT2D eigenvalue weighted by molar-refractivity contribution is -0.137. The van der Waals surface area contributed by atoms with Crippen LogP contribution in [0.1, 0.15) is 58.3 Å². The number of fused-ring (bicyclic) bond motifs is 2. The van der Waals surface area contributed by atoms with Gasteiger partial charge in [-0.05, 0) is 43.1 Å². The first-order valence-corrected chi connectivity index (χ1v) is 13.5. The molecular formula is C24H30N2O3S2. The summed E-state index contributed by atoms with van der Waals surface area (Å²) in [5, 5.41) is 20.7. The minimum atomic E-state index is -0.300. The highest BCUT2D eigenvalue weighted by Crippen LogP contribution is 2.57. The first-order chi connectivity index (χ1) is 15.1. The number of hydrogen-bond acceptors (Lipinski definition) is 6. The molecule has 5 aliphatic rings. The van der Waals surface area contributed by atoms with E-state index in [1.807, 2.05) is 17.8 Å². The molecule has 0 bridgehead atoms. The third-order valence-corrected chi connectivity index (χ3v) is 11.1. The standard InChI is InChI=1S/C24H30N2O3S2/c1-13-19(14-6-2-4-8-16(14)30-13)21-22(24(29)26(11-10-25)23(21)28)20-15-7-3-5-9-17(15)31-18(20)12-27/h13-17,19,27H,2-9,11-12H2,1H3/t13-,14?,15?,16?,17?,19+/m1/s1. The van der Waals surface area contributed by atoms with E-state index in [1.165, 1.54) is 30.6 Å². The van der Waals surface area contributed by atoms with Crippen LogP contribution in [0.25, 0.3) is 0 Å². The van der Waals surface area contributed by atoms with Gasteiger partial charge in [0.05, 0.1) is 18.2 Å². The Morgan fingerprint density at radius 2 is 1.74 bits per heavy atom. The zero-order valence-electron chi connectivity index (χ0n) is 18.0. The first-order valence-electron chi connectivity index (χ1n) is 11.7. The maximum absolute atomic E-state index is 13.6. The quantitative estimate of drug-likeness (QED) is 0.506. The molecule has 2 amide bonds. The van der Waals surface area contributed by atoms with E-state index in [-0.39, 0.29) is 42.1 Å². The van der Waals surface area contributed by atoms with Crippen molar-refractivity contribution in [1.29, 1.82) is 5.26 Å².